The quantitative estimate of drug-likeness (QED) is 0.520. The Bertz CT molecular complexity index is 364. The number of halogens is 2. The second kappa shape index (κ2) is 18.6. The number of rotatable bonds is 0. The van der Waals surface area contributed by atoms with E-state index in [4.69, 9.17) is 0 Å². The first-order chi connectivity index (χ1) is 8.39. The fourth-order valence-electron chi connectivity index (χ4n) is 1.21. The largest absolute Gasteiger partial charge is 2.00 e. The van der Waals surface area contributed by atoms with Gasteiger partial charge >= 0.3 is 26.2 Å². The fourth-order valence-corrected chi connectivity index (χ4v) is 1.21. The Morgan fingerprint density at radius 3 is 1.40 bits per heavy atom. The molecule has 0 aromatic heterocycles. The van der Waals surface area contributed by atoms with Crippen molar-refractivity contribution in [1.82, 2.24) is 0 Å². The minimum atomic E-state index is 0. The zero-order valence-electron chi connectivity index (χ0n) is 11.6. The van der Waals surface area contributed by atoms with Gasteiger partial charge < -0.3 is 0 Å². The SMILES string of the molecule is Cc1ccccc1.Cl.Cl.[C-]1=CC=CC1.[C-]1=CC=CC1.[Zr+2]. The van der Waals surface area contributed by atoms with Gasteiger partial charge in [-0.1, -0.05) is 35.9 Å². The van der Waals surface area contributed by atoms with Crippen LogP contribution in [0, 0.1) is 19.1 Å². The smallest absolute Gasteiger partial charge is 0.273 e. The van der Waals surface area contributed by atoms with Crippen LogP contribution in [0.3, 0.4) is 0 Å². The maximum absolute atomic E-state index is 2.99. The van der Waals surface area contributed by atoms with Crippen LogP contribution in [0.15, 0.2) is 66.8 Å². The normalized spacial score (nSPS) is 11.8. The van der Waals surface area contributed by atoms with E-state index < -0.39 is 0 Å². The minimum absolute atomic E-state index is 0. The summed E-state index contributed by atoms with van der Waals surface area (Å²) < 4.78 is 0. The Hall–Kier alpha value is -0.357. The van der Waals surface area contributed by atoms with Crippen molar-refractivity contribution in [1.29, 1.82) is 0 Å². The van der Waals surface area contributed by atoms with Crippen LogP contribution < -0.4 is 0 Å². The van der Waals surface area contributed by atoms with Crippen molar-refractivity contribution < 1.29 is 26.2 Å². The molecule has 0 saturated heterocycles. The first-order valence-corrected chi connectivity index (χ1v) is 5.84. The van der Waals surface area contributed by atoms with Gasteiger partial charge in [-0.05, 0) is 6.92 Å². The summed E-state index contributed by atoms with van der Waals surface area (Å²) in [6, 6.07) is 10.3. The molecule has 1 aromatic carbocycles. The molecule has 1 aromatic rings. The molecule has 0 N–H and O–H groups in total. The average molecular weight is 386 g/mol. The van der Waals surface area contributed by atoms with E-state index in [0.29, 0.717) is 0 Å². The van der Waals surface area contributed by atoms with Crippen LogP contribution >= 0.6 is 24.8 Å². The van der Waals surface area contributed by atoms with Crippen LogP contribution in [0.2, 0.25) is 0 Å². The monoisotopic (exact) mass is 384 g/mol. The van der Waals surface area contributed by atoms with E-state index in [2.05, 4.69) is 43.4 Å². The molecule has 0 nitrogen and oxygen atoms in total. The zero-order valence-corrected chi connectivity index (χ0v) is 15.7. The van der Waals surface area contributed by atoms with E-state index in [1.807, 2.05) is 42.5 Å². The van der Waals surface area contributed by atoms with Gasteiger partial charge in [0.15, 0.2) is 0 Å². The van der Waals surface area contributed by atoms with Crippen molar-refractivity contribution in [3.63, 3.8) is 0 Å². The van der Waals surface area contributed by atoms with E-state index in [0.717, 1.165) is 12.8 Å². The van der Waals surface area contributed by atoms with Crippen molar-refractivity contribution in [3.05, 3.63) is 84.5 Å². The van der Waals surface area contributed by atoms with Crippen molar-refractivity contribution >= 4 is 24.8 Å². The van der Waals surface area contributed by atoms with Gasteiger partial charge in [-0.25, -0.2) is 24.3 Å². The third-order valence-electron chi connectivity index (χ3n) is 2.11. The molecule has 2 aliphatic rings. The van der Waals surface area contributed by atoms with Gasteiger partial charge in [0.2, 0.25) is 0 Å². The molecule has 3 rings (SSSR count). The molecule has 0 radical (unpaired) electrons. The van der Waals surface area contributed by atoms with Crippen molar-refractivity contribution in [2.75, 3.05) is 0 Å². The van der Waals surface area contributed by atoms with Crippen LogP contribution in [0.5, 0.6) is 0 Å². The molecule has 0 heterocycles. The summed E-state index contributed by atoms with van der Waals surface area (Å²) >= 11 is 0. The van der Waals surface area contributed by atoms with Crippen LogP contribution in [0.25, 0.3) is 0 Å². The molecule has 3 heteroatoms. The standard InChI is InChI=1S/C7H8.2C5H5.2ClH.Zr/c1-7-5-3-2-4-6-7;2*1-2-4-5-3-1;;;/h2-6H,1H3;2*1-3H,4H2;2*1H;/q;2*-1;;;+2. The number of hydrogen-bond donors (Lipinski definition) is 0. The first kappa shape index (κ1) is 24.6. The number of hydrogen-bond acceptors (Lipinski definition) is 0. The molecule has 106 valence electrons. The maximum Gasteiger partial charge on any atom is 2.00 e. The van der Waals surface area contributed by atoms with Crippen LogP contribution in [0.4, 0.5) is 0 Å². The molecule has 0 atom stereocenters. The average Bonchev–Trinajstić information content (AvgIpc) is 3.09. The molecule has 0 amide bonds. The second-order valence-corrected chi connectivity index (χ2v) is 3.66. The Morgan fingerprint density at radius 2 is 1.25 bits per heavy atom. The topological polar surface area (TPSA) is 0 Å². The minimum Gasteiger partial charge on any atom is -0.273 e. The van der Waals surface area contributed by atoms with Gasteiger partial charge in [0.1, 0.15) is 0 Å². The van der Waals surface area contributed by atoms with E-state index >= 15 is 0 Å². The van der Waals surface area contributed by atoms with Crippen molar-refractivity contribution in [2.24, 2.45) is 0 Å². The van der Waals surface area contributed by atoms with Crippen LogP contribution in [0.1, 0.15) is 18.4 Å². The zero-order chi connectivity index (χ0) is 12.2. The number of benzene rings is 1. The second-order valence-electron chi connectivity index (χ2n) is 3.66. The number of aryl methyl sites for hydroxylation is 1. The summed E-state index contributed by atoms with van der Waals surface area (Å²) in [4.78, 5) is 0. The molecule has 0 spiro atoms. The van der Waals surface area contributed by atoms with E-state index in [1.54, 1.807) is 0 Å². The molecule has 20 heavy (non-hydrogen) atoms. The predicted molar refractivity (Wildman–Crippen MR) is 88.8 cm³/mol. The third kappa shape index (κ3) is 15.7. The maximum atomic E-state index is 2.99. The van der Waals surface area contributed by atoms with Gasteiger partial charge in [0.05, 0.1) is 0 Å². The van der Waals surface area contributed by atoms with Crippen molar-refractivity contribution in [3.8, 4) is 0 Å². The van der Waals surface area contributed by atoms with Gasteiger partial charge in [-0.15, -0.1) is 37.7 Å². The van der Waals surface area contributed by atoms with E-state index in [9.17, 15) is 0 Å². The Labute approximate surface area is 154 Å². The van der Waals surface area contributed by atoms with Crippen LogP contribution in [-0.4, -0.2) is 0 Å². The fraction of sp³-hybridized carbons (Fsp3) is 0.176. The third-order valence-corrected chi connectivity index (χ3v) is 2.11. The molecule has 0 bridgehead atoms. The Kier molecular flexibility index (Phi) is 23.0. The molecule has 0 aliphatic heterocycles. The van der Waals surface area contributed by atoms with Gasteiger partial charge in [-0.2, -0.15) is 12.2 Å². The summed E-state index contributed by atoms with van der Waals surface area (Å²) in [6.45, 7) is 2.08. The summed E-state index contributed by atoms with van der Waals surface area (Å²) in [7, 11) is 0. The van der Waals surface area contributed by atoms with Crippen molar-refractivity contribution in [2.45, 2.75) is 19.8 Å². The summed E-state index contributed by atoms with van der Waals surface area (Å²) in [5, 5.41) is 0. The summed E-state index contributed by atoms with van der Waals surface area (Å²) in [6.07, 6.45) is 20.0. The molecule has 2 aliphatic carbocycles. The number of allylic oxidation sites excluding steroid dienone is 8. The van der Waals surface area contributed by atoms with E-state index in [-0.39, 0.29) is 51.0 Å². The molecule has 0 fully saturated rings. The first-order valence-electron chi connectivity index (χ1n) is 5.84. The molecular weight excluding hydrogens is 366 g/mol. The predicted octanol–water partition coefficient (Wildman–Crippen LogP) is 5.45. The Morgan fingerprint density at radius 1 is 0.800 bits per heavy atom. The van der Waals surface area contributed by atoms with Gasteiger partial charge in [0.25, 0.3) is 0 Å². The molecule has 0 saturated carbocycles. The van der Waals surface area contributed by atoms with Gasteiger partial charge in [-0.3, -0.25) is 12.2 Å². The van der Waals surface area contributed by atoms with Crippen LogP contribution in [-0.2, 0) is 26.2 Å². The molecular formula is C17H20Cl2Zr. The van der Waals surface area contributed by atoms with E-state index in [1.165, 1.54) is 5.56 Å². The molecule has 0 unspecified atom stereocenters. The van der Waals surface area contributed by atoms with Gasteiger partial charge in [0, 0.05) is 0 Å². The summed E-state index contributed by atoms with van der Waals surface area (Å²) in [5.41, 5.74) is 1.32. The Balaban J connectivity index is -0.000000205. The summed E-state index contributed by atoms with van der Waals surface area (Å²) in [5.74, 6) is 0.